The van der Waals surface area contributed by atoms with Crippen molar-refractivity contribution in [3.05, 3.63) is 35.0 Å². The number of hydrogen-bond acceptors (Lipinski definition) is 4. The molecule has 24 heavy (non-hydrogen) atoms. The molecule has 1 spiro atoms. The van der Waals surface area contributed by atoms with Gasteiger partial charge in [0.05, 0.1) is 0 Å². The molecule has 0 aliphatic carbocycles. The number of hydrogen-bond donors (Lipinski definition) is 0. The first-order valence-electron chi connectivity index (χ1n) is 7.88. The molecule has 2 aliphatic heterocycles. The number of benzene rings is 1. The Balaban J connectivity index is 1.56. The lowest BCUT2D eigenvalue weighted by Crippen LogP contribution is -2.48. The summed E-state index contributed by atoms with van der Waals surface area (Å²) in [6.45, 7) is 1.34. The first kappa shape index (κ1) is 15.3. The Labute approximate surface area is 143 Å². The van der Waals surface area contributed by atoms with E-state index >= 15 is 0 Å². The predicted octanol–water partition coefficient (Wildman–Crippen LogP) is 2.97. The van der Waals surface area contributed by atoms with Crippen molar-refractivity contribution in [1.82, 2.24) is 9.47 Å². The fourth-order valence-corrected chi connectivity index (χ4v) is 3.71. The van der Waals surface area contributed by atoms with E-state index in [-0.39, 0.29) is 12.5 Å². The van der Waals surface area contributed by atoms with Gasteiger partial charge in [0.25, 0.3) is 5.91 Å². The minimum Gasteiger partial charge on any atom is -0.430 e. The third-order valence-corrected chi connectivity index (χ3v) is 5.30. The Bertz CT molecular complexity index is 836. The van der Waals surface area contributed by atoms with E-state index in [0.717, 1.165) is 10.9 Å². The Kier molecular flexibility index (Phi) is 3.46. The van der Waals surface area contributed by atoms with Gasteiger partial charge < -0.3 is 18.9 Å². The predicted molar refractivity (Wildman–Crippen MR) is 88.2 cm³/mol. The van der Waals surface area contributed by atoms with Crippen LogP contribution in [-0.2, 0) is 16.5 Å². The van der Waals surface area contributed by atoms with Crippen LogP contribution >= 0.6 is 11.6 Å². The number of aryl methyl sites for hydroxylation is 1. The molecule has 126 valence electrons. The Morgan fingerprint density at radius 3 is 2.67 bits per heavy atom. The Morgan fingerprint density at radius 1 is 1.29 bits per heavy atom. The van der Waals surface area contributed by atoms with Crippen molar-refractivity contribution in [2.75, 3.05) is 19.7 Å². The largest absolute Gasteiger partial charge is 0.509 e. The Hall–Kier alpha value is -2.21. The maximum absolute atomic E-state index is 12.9. The summed E-state index contributed by atoms with van der Waals surface area (Å²) >= 11 is 6.23. The molecule has 6 nitrogen and oxygen atoms in total. The number of likely N-dealkylation sites (tertiary alicyclic amines) is 1. The summed E-state index contributed by atoms with van der Waals surface area (Å²) in [5.74, 6) is -0.0372. The van der Waals surface area contributed by atoms with Gasteiger partial charge in [0.15, 0.2) is 5.60 Å². The number of halogens is 1. The average Bonchev–Trinajstić information content (AvgIpc) is 3.10. The van der Waals surface area contributed by atoms with Gasteiger partial charge in [-0.05, 0) is 18.2 Å². The van der Waals surface area contributed by atoms with Gasteiger partial charge in [-0.1, -0.05) is 17.7 Å². The van der Waals surface area contributed by atoms with Crippen LogP contribution in [0.3, 0.4) is 0 Å². The number of fused-ring (bicyclic) bond motifs is 1. The van der Waals surface area contributed by atoms with Gasteiger partial charge >= 0.3 is 6.16 Å². The summed E-state index contributed by atoms with van der Waals surface area (Å²) in [5.41, 5.74) is 0.974. The number of piperidine rings is 1. The van der Waals surface area contributed by atoms with Gasteiger partial charge in [0.2, 0.25) is 0 Å². The highest BCUT2D eigenvalue weighted by molar-refractivity contribution is 6.35. The SMILES string of the molecule is Cn1c(C(=O)N2CCC3(CC2)COC(=O)O3)cc2c(Cl)cccc21. The molecule has 1 amide bonds. The monoisotopic (exact) mass is 348 g/mol. The molecule has 1 aromatic heterocycles. The van der Waals surface area contributed by atoms with Gasteiger partial charge in [-0.3, -0.25) is 4.79 Å². The number of amides is 1. The van der Waals surface area contributed by atoms with E-state index in [0.29, 0.717) is 36.6 Å². The smallest absolute Gasteiger partial charge is 0.430 e. The minimum atomic E-state index is -0.613. The molecular formula is C17H17ClN2O4. The molecule has 4 rings (SSSR count). The van der Waals surface area contributed by atoms with E-state index in [2.05, 4.69) is 0 Å². The fourth-order valence-electron chi connectivity index (χ4n) is 3.48. The molecule has 0 bridgehead atoms. The second-order valence-electron chi connectivity index (χ2n) is 6.38. The molecular weight excluding hydrogens is 332 g/mol. The van der Waals surface area contributed by atoms with Crippen LogP contribution in [0.4, 0.5) is 4.79 Å². The number of rotatable bonds is 1. The summed E-state index contributed by atoms with van der Waals surface area (Å²) in [6.07, 6.45) is 0.572. The van der Waals surface area contributed by atoms with Crippen LogP contribution in [-0.4, -0.2) is 46.8 Å². The molecule has 0 N–H and O–H groups in total. The number of carbonyl (C=O) groups is 2. The van der Waals surface area contributed by atoms with E-state index in [9.17, 15) is 9.59 Å². The number of carbonyl (C=O) groups excluding carboxylic acids is 2. The maximum atomic E-state index is 12.9. The third kappa shape index (κ3) is 2.33. The molecule has 3 heterocycles. The highest BCUT2D eigenvalue weighted by Crippen LogP contribution is 2.33. The molecule has 0 unspecified atom stereocenters. The van der Waals surface area contributed by atoms with E-state index in [1.54, 1.807) is 4.90 Å². The van der Waals surface area contributed by atoms with Gasteiger partial charge in [-0.2, -0.15) is 0 Å². The molecule has 2 saturated heterocycles. The van der Waals surface area contributed by atoms with Crippen LogP contribution in [0.25, 0.3) is 10.9 Å². The molecule has 0 atom stereocenters. The third-order valence-electron chi connectivity index (χ3n) is 4.97. The van der Waals surface area contributed by atoms with Crippen LogP contribution in [0.5, 0.6) is 0 Å². The van der Waals surface area contributed by atoms with Crippen molar-refractivity contribution >= 4 is 34.6 Å². The summed E-state index contributed by atoms with van der Waals surface area (Å²) in [4.78, 5) is 25.9. The molecule has 2 aliphatic rings. The van der Waals surface area contributed by atoms with Crippen molar-refractivity contribution in [1.29, 1.82) is 0 Å². The lowest BCUT2D eigenvalue weighted by molar-refractivity contribution is 0.00256. The minimum absolute atomic E-state index is 0.0372. The van der Waals surface area contributed by atoms with Crippen molar-refractivity contribution in [3.8, 4) is 0 Å². The fraction of sp³-hybridized carbons (Fsp3) is 0.412. The number of ether oxygens (including phenoxy) is 2. The standard InChI is InChI=1S/C17H17ClN2O4/c1-19-13-4-2-3-12(18)11(13)9-14(19)15(21)20-7-5-17(6-8-20)10-23-16(22)24-17/h2-4,9H,5-8,10H2,1H3. The zero-order valence-corrected chi connectivity index (χ0v) is 14.0. The first-order valence-corrected chi connectivity index (χ1v) is 8.26. The van der Waals surface area contributed by atoms with Crippen LogP contribution in [0.1, 0.15) is 23.3 Å². The van der Waals surface area contributed by atoms with Gasteiger partial charge in [0, 0.05) is 48.9 Å². The number of cyclic esters (lactones) is 1. The second kappa shape index (κ2) is 5.41. The lowest BCUT2D eigenvalue weighted by Gasteiger charge is -2.36. The zero-order valence-electron chi connectivity index (χ0n) is 13.3. The molecule has 0 radical (unpaired) electrons. The van der Waals surface area contributed by atoms with Crippen molar-refractivity contribution in [2.24, 2.45) is 7.05 Å². The van der Waals surface area contributed by atoms with Crippen LogP contribution in [0.15, 0.2) is 24.3 Å². The van der Waals surface area contributed by atoms with Crippen molar-refractivity contribution in [2.45, 2.75) is 18.4 Å². The number of aromatic nitrogens is 1. The number of nitrogens with zero attached hydrogens (tertiary/aromatic N) is 2. The van der Waals surface area contributed by atoms with E-state index in [4.69, 9.17) is 21.1 Å². The molecule has 7 heteroatoms. The topological polar surface area (TPSA) is 60.8 Å². The van der Waals surface area contributed by atoms with Crippen LogP contribution in [0.2, 0.25) is 5.02 Å². The molecule has 2 aromatic rings. The van der Waals surface area contributed by atoms with Gasteiger partial charge in [0.1, 0.15) is 12.3 Å². The van der Waals surface area contributed by atoms with Crippen molar-refractivity contribution in [3.63, 3.8) is 0 Å². The molecule has 2 fully saturated rings. The van der Waals surface area contributed by atoms with Gasteiger partial charge in [-0.25, -0.2) is 4.79 Å². The average molecular weight is 349 g/mol. The summed E-state index contributed by atoms with van der Waals surface area (Å²) in [7, 11) is 1.87. The lowest BCUT2D eigenvalue weighted by atomic mass is 9.92. The highest BCUT2D eigenvalue weighted by atomic mass is 35.5. The first-order chi connectivity index (χ1) is 11.5. The quantitative estimate of drug-likeness (QED) is 0.743. The second-order valence-corrected chi connectivity index (χ2v) is 6.78. The van der Waals surface area contributed by atoms with E-state index in [1.807, 2.05) is 35.9 Å². The van der Waals surface area contributed by atoms with Gasteiger partial charge in [-0.15, -0.1) is 0 Å². The summed E-state index contributed by atoms with van der Waals surface area (Å²) in [6, 6.07) is 7.47. The van der Waals surface area contributed by atoms with Crippen molar-refractivity contribution < 1.29 is 19.1 Å². The molecule has 1 aromatic carbocycles. The highest BCUT2D eigenvalue weighted by Gasteiger charge is 2.45. The van der Waals surface area contributed by atoms with Crippen LogP contribution < -0.4 is 0 Å². The van der Waals surface area contributed by atoms with Crippen LogP contribution in [0, 0.1) is 0 Å². The summed E-state index contributed by atoms with van der Waals surface area (Å²) < 4.78 is 12.1. The normalized spacial score (nSPS) is 19.6. The molecule has 0 saturated carbocycles. The van der Waals surface area contributed by atoms with E-state index < -0.39 is 11.8 Å². The Morgan fingerprint density at radius 2 is 2.04 bits per heavy atom. The van der Waals surface area contributed by atoms with E-state index in [1.165, 1.54) is 0 Å². The summed E-state index contributed by atoms with van der Waals surface area (Å²) in [5, 5.41) is 1.51. The zero-order chi connectivity index (χ0) is 16.9. The maximum Gasteiger partial charge on any atom is 0.509 e.